The summed E-state index contributed by atoms with van der Waals surface area (Å²) in [6.07, 6.45) is -1.07. The summed E-state index contributed by atoms with van der Waals surface area (Å²) in [5.41, 5.74) is 1.54. The molecule has 0 bridgehead atoms. The lowest BCUT2D eigenvalue weighted by Crippen LogP contribution is -2.19. The van der Waals surface area contributed by atoms with Crippen LogP contribution < -0.4 is 4.74 Å². The normalized spacial score (nSPS) is 15.5. The zero-order chi connectivity index (χ0) is 29.2. The van der Waals surface area contributed by atoms with E-state index in [1.54, 1.807) is 6.92 Å². The van der Waals surface area contributed by atoms with Gasteiger partial charge in [-0.25, -0.2) is 13.4 Å². The lowest BCUT2D eigenvalue weighted by Gasteiger charge is -2.20. The highest BCUT2D eigenvalue weighted by Gasteiger charge is 2.39. The molecule has 2 atom stereocenters. The number of benzene rings is 2. The lowest BCUT2D eigenvalue weighted by molar-refractivity contribution is -0.148. The number of rotatable bonds is 11. The lowest BCUT2D eigenvalue weighted by atomic mass is 9.94. The third kappa shape index (κ3) is 7.04. The Morgan fingerprint density at radius 3 is 2.33 bits per heavy atom. The van der Waals surface area contributed by atoms with E-state index in [1.807, 2.05) is 32.0 Å². The Morgan fingerprint density at radius 1 is 1.12 bits per heavy atom. The van der Waals surface area contributed by atoms with E-state index in [2.05, 4.69) is 4.98 Å². The molecular formula is C29H32F3NO5S2. The van der Waals surface area contributed by atoms with Gasteiger partial charge in [-0.2, -0.15) is 13.2 Å². The first-order valence-electron chi connectivity index (χ1n) is 13.1. The molecule has 2 aromatic carbocycles. The van der Waals surface area contributed by atoms with Crippen molar-refractivity contribution in [3.63, 3.8) is 0 Å². The molecule has 3 aromatic rings. The zero-order valence-electron chi connectivity index (χ0n) is 22.7. The maximum absolute atomic E-state index is 13.0. The number of halogens is 3. The molecule has 0 amide bonds. The molecular weight excluding hydrogens is 563 g/mol. The summed E-state index contributed by atoms with van der Waals surface area (Å²) in [6.45, 7) is 5.99. The number of esters is 1. The van der Waals surface area contributed by atoms with Gasteiger partial charge in [0.2, 0.25) is 0 Å². The van der Waals surface area contributed by atoms with E-state index in [0.717, 1.165) is 53.7 Å². The van der Waals surface area contributed by atoms with E-state index < -0.39 is 27.7 Å². The fraction of sp³-hybridized carbons (Fsp3) is 0.448. The number of nitrogens with zero attached hydrogens (tertiary/aromatic N) is 1. The molecule has 0 spiro atoms. The maximum atomic E-state index is 13.0. The molecule has 0 N–H and O–H groups in total. The van der Waals surface area contributed by atoms with Crippen molar-refractivity contribution in [1.29, 1.82) is 0 Å². The Bertz CT molecular complexity index is 1460. The molecule has 216 valence electrons. The van der Waals surface area contributed by atoms with Gasteiger partial charge in [-0.15, -0.1) is 11.3 Å². The van der Waals surface area contributed by atoms with Crippen molar-refractivity contribution in [3.8, 4) is 16.3 Å². The molecule has 1 aromatic heterocycles. The molecule has 1 fully saturated rings. The number of carbonyl (C=O) groups excluding carboxylic acids is 1. The summed E-state index contributed by atoms with van der Waals surface area (Å²) in [5, 5.41) is 0.201. The Balaban J connectivity index is 1.63. The number of hydrogen-bond donors (Lipinski definition) is 0. The number of aryl methyl sites for hydroxylation is 1. The SMILES string of the molecule is CCOC(=O)C(CC)Cc1ccc(OC(c2sc(-c3ccc(C(F)(F)F)cc3)nc2S(C)(=O)=O)C2CC2)cc1C. The Morgan fingerprint density at radius 2 is 1.80 bits per heavy atom. The van der Waals surface area contributed by atoms with Gasteiger partial charge in [0.1, 0.15) is 16.9 Å². The molecule has 1 aliphatic carbocycles. The largest absolute Gasteiger partial charge is 0.484 e. The van der Waals surface area contributed by atoms with Crippen molar-refractivity contribution in [2.45, 2.75) is 63.8 Å². The summed E-state index contributed by atoms with van der Waals surface area (Å²) < 4.78 is 76.1. The number of hydrogen-bond acceptors (Lipinski definition) is 7. The van der Waals surface area contributed by atoms with Gasteiger partial charge < -0.3 is 9.47 Å². The average molecular weight is 596 g/mol. The topological polar surface area (TPSA) is 82.6 Å². The summed E-state index contributed by atoms with van der Waals surface area (Å²) in [4.78, 5) is 17.1. The van der Waals surface area contributed by atoms with E-state index in [-0.39, 0.29) is 22.8 Å². The van der Waals surface area contributed by atoms with Crippen molar-refractivity contribution in [2.24, 2.45) is 11.8 Å². The highest BCUT2D eigenvalue weighted by atomic mass is 32.2. The van der Waals surface area contributed by atoms with Crippen LogP contribution >= 0.6 is 11.3 Å². The van der Waals surface area contributed by atoms with Crippen molar-refractivity contribution < 1.29 is 35.9 Å². The van der Waals surface area contributed by atoms with Crippen molar-refractivity contribution in [2.75, 3.05) is 12.9 Å². The van der Waals surface area contributed by atoms with Crippen LogP contribution in [0.4, 0.5) is 13.2 Å². The van der Waals surface area contributed by atoms with Crippen LogP contribution in [-0.4, -0.2) is 32.2 Å². The van der Waals surface area contributed by atoms with Crippen LogP contribution in [-0.2, 0) is 32.0 Å². The third-order valence-corrected chi connectivity index (χ3v) is 9.20. The molecule has 1 aliphatic rings. The van der Waals surface area contributed by atoms with Gasteiger partial charge in [0.05, 0.1) is 23.0 Å². The smallest absolute Gasteiger partial charge is 0.416 e. The van der Waals surface area contributed by atoms with Gasteiger partial charge >= 0.3 is 12.1 Å². The summed E-state index contributed by atoms with van der Waals surface area (Å²) >= 11 is 1.13. The second-order valence-electron chi connectivity index (χ2n) is 10.1. The highest BCUT2D eigenvalue weighted by Crippen LogP contribution is 2.48. The van der Waals surface area contributed by atoms with Crippen LogP contribution in [0.3, 0.4) is 0 Å². The van der Waals surface area contributed by atoms with Gasteiger partial charge in [-0.1, -0.05) is 25.1 Å². The standard InChI is InChI=1S/C29H32F3NO5S2/c1-5-18(28(34)37-6-2)16-21-11-14-23(15-17(21)3)38-24(19-7-8-19)25-27(40(4,35)36)33-26(39-25)20-9-12-22(13-10-20)29(30,31)32/h9-15,18-19,24H,5-8,16H2,1-4H3. The van der Waals surface area contributed by atoms with E-state index in [0.29, 0.717) is 40.6 Å². The molecule has 1 saturated carbocycles. The minimum Gasteiger partial charge on any atom is -0.484 e. The number of aromatic nitrogens is 1. The first-order chi connectivity index (χ1) is 18.8. The molecule has 6 nitrogen and oxygen atoms in total. The van der Waals surface area contributed by atoms with Crippen molar-refractivity contribution in [1.82, 2.24) is 4.98 Å². The Labute approximate surface area is 236 Å². The van der Waals surface area contributed by atoms with Gasteiger partial charge in [0.25, 0.3) is 0 Å². The fourth-order valence-corrected chi connectivity index (χ4v) is 6.95. The average Bonchev–Trinajstić information content (AvgIpc) is 3.62. The monoisotopic (exact) mass is 595 g/mol. The van der Waals surface area contributed by atoms with Crippen LogP contribution in [0, 0.1) is 18.8 Å². The fourth-order valence-electron chi connectivity index (χ4n) is 4.49. The minimum atomic E-state index is -4.47. The van der Waals surface area contributed by atoms with Crippen LogP contribution in [0.5, 0.6) is 5.75 Å². The molecule has 11 heteroatoms. The molecule has 0 saturated heterocycles. The van der Waals surface area contributed by atoms with Crippen molar-refractivity contribution >= 4 is 27.1 Å². The van der Waals surface area contributed by atoms with Crippen LogP contribution in [0.15, 0.2) is 47.5 Å². The van der Waals surface area contributed by atoms with Gasteiger partial charge in [0.15, 0.2) is 14.9 Å². The quantitative estimate of drug-likeness (QED) is 0.218. The Kier molecular flexibility index (Phi) is 8.94. The Hall–Kier alpha value is -2.92. The molecule has 1 heterocycles. The van der Waals surface area contributed by atoms with Gasteiger partial charge in [-0.05, 0) is 74.9 Å². The second-order valence-corrected chi connectivity index (χ2v) is 13.0. The third-order valence-electron chi connectivity index (χ3n) is 6.90. The van der Waals surface area contributed by atoms with E-state index >= 15 is 0 Å². The van der Waals surface area contributed by atoms with Crippen LogP contribution in [0.2, 0.25) is 0 Å². The van der Waals surface area contributed by atoms with E-state index in [9.17, 15) is 26.4 Å². The maximum Gasteiger partial charge on any atom is 0.416 e. The minimum absolute atomic E-state index is 0.0923. The zero-order valence-corrected chi connectivity index (χ0v) is 24.4. The van der Waals surface area contributed by atoms with E-state index in [4.69, 9.17) is 9.47 Å². The number of ether oxygens (including phenoxy) is 2. The first kappa shape index (κ1) is 30.0. The predicted octanol–water partition coefficient (Wildman–Crippen LogP) is 7.20. The van der Waals surface area contributed by atoms with Crippen LogP contribution in [0.25, 0.3) is 10.6 Å². The first-order valence-corrected chi connectivity index (χ1v) is 15.8. The predicted molar refractivity (Wildman–Crippen MR) is 147 cm³/mol. The van der Waals surface area contributed by atoms with Crippen molar-refractivity contribution in [3.05, 3.63) is 64.0 Å². The number of carbonyl (C=O) groups is 1. The van der Waals surface area contributed by atoms with Crippen LogP contribution in [0.1, 0.15) is 60.8 Å². The van der Waals surface area contributed by atoms with E-state index in [1.165, 1.54) is 12.1 Å². The van der Waals surface area contributed by atoms with Gasteiger partial charge in [-0.3, -0.25) is 4.79 Å². The summed E-state index contributed by atoms with van der Waals surface area (Å²) in [6, 6.07) is 10.1. The number of thiazole rings is 1. The van der Waals surface area contributed by atoms with Gasteiger partial charge in [0, 0.05) is 17.7 Å². The summed E-state index contributed by atoms with van der Waals surface area (Å²) in [5.74, 6) is 0.185. The number of alkyl halides is 3. The second kappa shape index (κ2) is 11.9. The molecule has 2 unspecified atom stereocenters. The molecule has 40 heavy (non-hydrogen) atoms. The number of sulfone groups is 1. The molecule has 0 aliphatic heterocycles. The molecule has 4 rings (SSSR count). The molecule has 0 radical (unpaired) electrons. The summed E-state index contributed by atoms with van der Waals surface area (Å²) in [7, 11) is -3.74. The highest BCUT2D eigenvalue weighted by molar-refractivity contribution is 7.90.